The Bertz CT molecular complexity index is 5300. The van der Waals surface area contributed by atoms with E-state index in [2.05, 4.69) is 299 Å². The summed E-state index contributed by atoms with van der Waals surface area (Å²) in [6, 6.07) is 95.7. The van der Waals surface area contributed by atoms with E-state index >= 15 is 0 Å². The highest BCUT2D eigenvalue weighted by Crippen LogP contribution is 2.42. The standard InChI is InChI=1S/C36H22BrNO.C30H26BNO3.C12H9Br.HI/c37-32-14-6-3-11-27(32)26-10-2-1-9-25(26)23-17-19-29-28-12-4-7-15-33(28)38(34(29)21-23)24-18-20-36-31(22-24)30-13-5-8-16-35(30)39-36;1-29(2)30(3,4)35-31(34-29)19-13-15-22-21-9-5-7-11-25(21)32(26(22)17-19)20-14-16-28-24(18-20)23-10-6-8-12-27(23)33-28;13-12-9-5-4-8-11(12)10-6-2-1-3-7-10;/h1-22H;5-18H,1-4H3;1-9H;1H. The molecule has 0 amide bonds. The molecule has 88 heavy (non-hydrogen) atoms. The van der Waals surface area contributed by atoms with Crippen LogP contribution < -0.4 is 5.46 Å². The molecule has 1 saturated heterocycles. The molecule has 4 aromatic heterocycles. The van der Waals surface area contributed by atoms with Crippen LogP contribution in [0.15, 0.2) is 291 Å². The third-order valence-electron chi connectivity index (χ3n) is 17.5. The number of halogens is 3. The Morgan fingerprint density at radius 2 is 0.716 bits per heavy atom. The molecule has 0 spiro atoms. The van der Waals surface area contributed by atoms with Gasteiger partial charge in [-0.1, -0.05) is 220 Å². The molecule has 16 aromatic rings. The predicted molar refractivity (Wildman–Crippen MR) is 385 cm³/mol. The average molecular weight is 1380 g/mol. The number of para-hydroxylation sites is 4. The van der Waals surface area contributed by atoms with Gasteiger partial charge in [0.2, 0.25) is 0 Å². The van der Waals surface area contributed by atoms with Gasteiger partial charge in [0.05, 0.1) is 33.3 Å². The van der Waals surface area contributed by atoms with Crippen LogP contribution in [0.1, 0.15) is 27.7 Å². The Labute approximate surface area is 544 Å². The van der Waals surface area contributed by atoms with Crippen LogP contribution in [0.2, 0.25) is 0 Å². The molecule has 12 aromatic carbocycles. The lowest BCUT2D eigenvalue weighted by molar-refractivity contribution is 0.00578. The van der Waals surface area contributed by atoms with Crippen molar-refractivity contribution in [2.45, 2.75) is 38.9 Å². The lowest BCUT2D eigenvalue weighted by atomic mass is 9.79. The summed E-state index contributed by atoms with van der Waals surface area (Å²) in [5.41, 5.74) is 18.0. The zero-order valence-corrected chi connectivity index (χ0v) is 54.3. The summed E-state index contributed by atoms with van der Waals surface area (Å²) in [6.07, 6.45) is 0. The Hall–Kier alpha value is -8.49. The van der Waals surface area contributed by atoms with Crippen molar-refractivity contribution in [2.75, 3.05) is 0 Å². The van der Waals surface area contributed by atoms with E-state index in [1.165, 1.54) is 71.5 Å². The van der Waals surface area contributed by atoms with Gasteiger partial charge in [-0.05, 0) is 151 Å². The van der Waals surface area contributed by atoms with E-state index in [9.17, 15) is 0 Å². The predicted octanol–water partition coefficient (Wildman–Crippen LogP) is 22.5. The smallest absolute Gasteiger partial charge is 0.456 e. The normalized spacial score (nSPS) is 13.5. The second kappa shape index (κ2) is 23.2. The van der Waals surface area contributed by atoms with Crippen molar-refractivity contribution in [1.82, 2.24) is 9.13 Å². The molecule has 1 fully saturated rings. The first-order valence-electron chi connectivity index (χ1n) is 29.4. The summed E-state index contributed by atoms with van der Waals surface area (Å²) in [5, 5.41) is 9.43. The Morgan fingerprint density at radius 1 is 0.307 bits per heavy atom. The van der Waals surface area contributed by atoms with E-state index in [1.54, 1.807) is 0 Å². The molecular weight excluding hydrogens is 1330 g/mol. The molecule has 0 bridgehead atoms. The number of aromatic nitrogens is 2. The minimum absolute atomic E-state index is 0. The van der Waals surface area contributed by atoms with Crippen LogP contribution in [0.4, 0.5) is 0 Å². The van der Waals surface area contributed by atoms with Gasteiger partial charge in [-0.2, -0.15) is 0 Å². The number of rotatable bonds is 6. The molecule has 17 rings (SSSR count). The first kappa shape index (κ1) is 57.3. The highest BCUT2D eigenvalue weighted by Gasteiger charge is 2.51. The molecule has 428 valence electrons. The van der Waals surface area contributed by atoms with E-state index in [1.807, 2.05) is 42.5 Å². The van der Waals surface area contributed by atoms with Gasteiger partial charge in [0.15, 0.2) is 0 Å². The van der Waals surface area contributed by atoms with Crippen molar-refractivity contribution in [3.8, 4) is 44.8 Å². The van der Waals surface area contributed by atoms with Crippen molar-refractivity contribution in [1.29, 1.82) is 0 Å². The minimum Gasteiger partial charge on any atom is -0.456 e. The van der Waals surface area contributed by atoms with Gasteiger partial charge in [0.25, 0.3) is 0 Å². The molecule has 1 aliphatic rings. The monoisotopic (exact) mass is 1380 g/mol. The summed E-state index contributed by atoms with van der Waals surface area (Å²) < 4.78 is 31.9. The summed E-state index contributed by atoms with van der Waals surface area (Å²) in [7, 11) is -0.406. The largest absolute Gasteiger partial charge is 0.494 e. The van der Waals surface area contributed by atoms with Crippen molar-refractivity contribution >= 4 is 156 Å². The lowest BCUT2D eigenvalue weighted by Crippen LogP contribution is -2.41. The second-order valence-electron chi connectivity index (χ2n) is 23.2. The van der Waals surface area contributed by atoms with Crippen LogP contribution in [-0.4, -0.2) is 27.5 Å². The Morgan fingerprint density at radius 3 is 1.26 bits per heavy atom. The second-order valence-corrected chi connectivity index (χ2v) is 24.9. The molecule has 0 N–H and O–H groups in total. The van der Waals surface area contributed by atoms with Crippen LogP contribution in [0, 0.1) is 0 Å². The van der Waals surface area contributed by atoms with Gasteiger partial charge in [0.1, 0.15) is 22.3 Å². The third-order valence-corrected chi connectivity index (χ3v) is 18.9. The van der Waals surface area contributed by atoms with Gasteiger partial charge in [-0.15, -0.1) is 24.0 Å². The first-order valence-corrected chi connectivity index (χ1v) is 30.9. The van der Waals surface area contributed by atoms with Crippen LogP contribution >= 0.6 is 55.8 Å². The van der Waals surface area contributed by atoms with Crippen molar-refractivity contribution in [2.24, 2.45) is 0 Å². The highest BCUT2D eigenvalue weighted by atomic mass is 127. The van der Waals surface area contributed by atoms with Crippen molar-refractivity contribution in [3.05, 3.63) is 282 Å². The maximum Gasteiger partial charge on any atom is 0.494 e. The molecule has 0 unspecified atom stereocenters. The van der Waals surface area contributed by atoms with Gasteiger partial charge in [0, 0.05) is 63.4 Å². The van der Waals surface area contributed by atoms with E-state index in [4.69, 9.17) is 18.1 Å². The molecule has 0 aliphatic carbocycles. The zero-order chi connectivity index (χ0) is 59.0. The number of benzene rings is 12. The first-order chi connectivity index (χ1) is 42.5. The highest BCUT2D eigenvalue weighted by molar-refractivity contribution is 14.0. The fraction of sp³-hybridized carbons (Fsp3) is 0.0769. The number of hydrogen-bond acceptors (Lipinski definition) is 4. The van der Waals surface area contributed by atoms with E-state index in [-0.39, 0.29) is 35.2 Å². The fourth-order valence-electron chi connectivity index (χ4n) is 12.5. The van der Waals surface area contributed by atoms with Gasteiger partial charge >= 0.3 is 7.12 Å². The van der Waals surface area contributed by atoms with Crippen LogP contribution in [-0.2, 0) is 9.31 Å². The number of furan rings is 2. The summed E-state index contributed by atoms with van der Waals surface area (Å²) >= 11 is 7.30. The third kappa shape index (κ3) is 10.1. The van der Waals surface area contributed by atoms with Crippen LogP contribution in [0.25, 0.3) is 132 Å². The lowest BCUT2D eigenvalue weighted by Gasteiger charge is -2.32. The van der Waals surface area contributed by atoms with Crippen LogP contribution in [0.5, 0.6) is 0 Å². The van der Waals surface area contributed by atoms with Gasteiger partial charge in [-0.25, -0.2) is 0 Å². The molecule has 0 saturated carbocycles. The quantitative estimate of drug-likeness (QED) is 0.123. The Balaban J connectivity index is 0.000000128. The molecule has 0 atom stereocenters. The van der Waals surface area contributed by atoms with E-state index < -0.39 is 7.12 Å². The SMILES string of the molecule is Brc1ccccc1-c1ccccc1.Brc1ccccc1-c1ccccc1-c1ccc2c3ccccc3n(-c3ccc4oc5ccccc5c4c3)c2c1.CC1(C)OB(c2ccc3c4ccccc4n(-c4ccc5oc6ccccc6c5c4)c3c2)OC1(C)C.I. The molecular formula is C78H58BBr2IN2O4. The van der Waals surface area contributed by atoms with Gasteiger partial charge in [-0.3, -0.25) is 0 Å². The van der Waals surface area contributed by atoms with Crippen molar-refractivity contribution in [3.63, 3.8) is 0 Å². The van der Waals surface area contributed by atoms with E-state index in [0.29, 0.717) is 0 Å². The van der Waals surface area contributed by atoms with Crippen molar-refractivity contribution < 1.29 is 18.1 Å². The Kier molecular flexibility index (Phi) is 15.1. The van der Waals surface area contributed by atoms with Gasteiger partial charge < -0.3 is 27.3 Å². The molecule has 6 nitrogen and oxygen atoms in total. The summed E-state index contributed by atoms with van der Waals surface area (Å²) in [6.45, 7) is 8.36. The van der Waals surface area contributed by atoms with Crippen LogP contribution in [0.3, 0.4) is 0 Å². The molecule has 1 aliphatic heterocycles. The zero-order valence-electron chi connectivity index (χ0n) is 48.7. The number of nitrogens with zero attached hydrogens (tertiary/aromatic N) is 2. The fourth-order valence-corrected chi connectivity index (χ4v) is 13.5. The summed E-state index contributed by atoms with van der Waals surface area (Å²) in [4.78, 5) is 0. The maximum absolute atomic E-state index is 6.37. The maximum atomic E-state index is 6.37. The van der Waals surface area contributed by atoms with E-state index in [0.717, 1.165) is 75.2 Å². The minimum atomic E-state index is -0.406. The molecule has 10 heteroatoms. The average Bonchev–Trinajstić information content (AvgIpc) is 3.14. The molecule has 0 radical (unpaired) electrons. The topological polar surface area (TPSA) is 54.6 Å². The number of hydrogen-bond donors (Lipinski definition) is 0. The summed E-state index contributed by atoms with van der Waals surface area (Å²) in [5.74, 6) is 0. The number of fused-ring (bicyclic) bond motifs is 12. The molecule has 5 heterocycles.